The first-order valence-electron chi connectivity index (χ1n) is 6.19. The average Bonchev–Trinajstić information content (AvgIpc) is 2.48. The molecule has 3 nitrogen and oxygen atoms in total. The van der Waals surface area contributed by atoms with E-state index in [4.69, 9.17) is 16.3 Å². The molecule has 5 heteroatoms. The number of ether oxygens (including phenoxy) is 1. The lowest BCUT2D eigenvalue weighted by atomic mass is 10.2. The maximum atomic E-state index is 12.8. The zero-order chi connectivity index (χ0) is 14.4. The first-order valence-corrected chi connectivity index (χ1v) is 6.73. The van der Waals surface area contributed by atoms with Crippen molar-refractivity contribution >= 4 is 17.3 Å². The van der Waals surface area contributed by atoms with Gasteiger partial charge in [-0.2, -0.15) is 0 Å². The van der Waals surface area contributed by atoms with Crippen molar-refractivity contribution in [3.63, 3.8) is 0 Å². The standard InChI is InChI=1S/C15H15ClFNO2/c16-9-12(19)10-18-14-3-1-2-4-15(14)20-13-7-5-11(17)6-8-13/h1-8,12,18-19H,9-10H2. The third kappa shape index (κ3) is 4.11. The van der Waals surface area contributed by atoms with E-state index in [9.17, 15) is 9.50 Å². The second kappa shape index (κ2) is 7.12. The smallest absolute Gasteiger partial charge is 0.150 e. The number of alkyl halides is 1. The lowest BCUT2D eigenvalue weighted by Gasteiger charge is -2.14. The van der Waals surface area contributed by atoms with Gasteiger partial charge in [-0.05, 0) is 36.4 Å². The molecule has 106 valence electrons. The maximum absolute atomic E-state index is 12.8. The summed E-state index contributed by atoms with van der Waals surface area (Å²) in [6.07, 6.45) is -0.629. The quantitative estimate of drug-likeness (QED) is 0.800. The first kappa shape index (κ1) is 14.6. The van der Waals surface area contributed by atoms with E-state index < -0.39 is 6.10 Å². The zero-order valence-corrected chi connectivity index (χ0v) is 11.5. The van der Waals surface area contributed by atoms with Gasteiger partial charge >= 0.3 is 0 Å². The van der Waals surface area contributed by atoms with Gasteiger partial charge in [0.05, 0.1) is 17.7 Å². The Morgan fingerprint density at radius 2 is 1.85 bits per heavy atom. The number of hydrogen-bond acceptors (Lipinski definition) is 3. The minimum Gasteiger partial charge on any atom is -0.455 e. The van der Waals surface area contributed by atoms with Gasteiger partial charge < -0.3 is 15.2 Å². The summed E-state index contributed by atoms with van der Waals surface area (Å²) in [6, 6.07) is 13.1. The van der Waals surface area contributed by atoms with E-state index in [-0.39, 0.29) is 11.7 Å². The van der Waals surface area contributed by atoms with Crippen LogP contribution in [-0.2, 0) is 0 Å². The Morgan fingerprint density at radius 3 is 2.55 bits per heavy atom. The van der Waals surface area contributed by atoms with E-state index in [2.05, 4.69) is 5.32 Å². The van der Waals surface area contributed by atoms with Gasteiger partial charge in [0.25, 0.3) is 0 Å². The van der Waals surface area contributed by atoms with Crippen LogP contribution in [0.4, 0.5) is 10.1 Å². The van der Waals surface area contributed by atoms with Crippen LogP contribution in [0.1, 0.15) is 0 Å². The molecule has 0 bridgehead atoms. The van der Waals surface area contributed by atoms with E-state index in [1.165, 1.54) is 12.1 Å². The fraction of sp³-hybridized carbons (Fsp3) is 0.200. The number of rotatable bonds is 6. The minimum atomic E-state index is -0.629. The Kier molecular flexibility index (Phi) is 5.21. The van der Waals surface area contributed by atoms with E-state index in [0.717, 1.165) is 5.69 Å². The molecule has 0 amide bonds. The largest absolute Gasteiger partial charge is 0.455 e. The topological polar surface area (TPSA) is 41.5 Å². The van der Waals surface area contributed by atoms with Crippen LogP contribution in [0.25, 0.3) is 0 Å². The van der Waals surface area contributed by atoms with Crippen LogP contribution in [0.5, 0.6) is 11.5 Å². The van der Waals surface area contributed by atoms with Crippen LogP contribution in [0.2, 0.25) is 0 Å². The molecule has 2 aromatic carbocycles. The summed E-state index contributed by atoms with van der Waals surface area (Å²) in [4.78, 5) is 0. The molecule has 2 N–H and O–H groups in total. The van der Waals surface area contributed by atoms with Gasteiger partial charge in [0, 0.05) is 6.54 Å². The molecule has 0 aliphatic heterocycles. The highest BCUT2D eigenvalue weighted by Crippen LogP contribution is 2.29. The zero-order valence-electron chi connectivity index (χ0n) is 10.7. The molecule has 2 aromatic rings. The van der Waals surface area contributed by atoms with Gasteiger partial charge in [0.15, 0.2) is 5.75 Å². The molecule has 0 saturated heterocycles. The summed E-state index contributed by atoms with van der Waals surface area (Å²) in [5, 5.41) is 12.5. The highest BCUT2D eigenvalue weighted by atomic mass is 35.5. The van der Waals surface area contributed by atoms with Crippen LogP contribution < -0.4 is 10.1 Å². The molecule has 0 fully saturated rings. The van der Waals surface area contributed by atoms with Gasteiger partial charge in [-0.25, -0.2) is 4.39 Å². The third-order valence-corrected chi connectivity index (χ3v) is 2.99. The maximum Gasteiger partial charge on any atom is 0.150 e. The number of aliphatic hydroxyl groups excluding tert-OH is 1. The van der Waals surface area contributed by atoms with Crippen molar-refractivity contribution in [2.75, 3.05) is 17.7 Å². The summed E-state index contributed by atoms with van der Waals surface area (Å²) in [6.45, 7) is 0.327. The van der Waals surface area contributed by atoms with Crippen molar-refractivity contribution in [2.45, 2.75) is 6.10 Å². The number of halogens is 2. The van der Waals surface area contributed by atoms with E-state index in [1.54, 1.807) is 18.2 Å². The number of hydrogen-bond donors (Lipinski definition) is 2. The van der Waals surface area contributed by atoms with Crippen LogP contribution in [-0.4, -0.2) is 23.6 Å². The number of benzene rings is 2. The fourth-order valence-electron chi connectivity index (χ4n) is 1.61. The summed E-state index contributed by atoms with van der Waals surface area (Å²) in [7, 11) is 0. The molecule has 20 heavy (non-hydrogen) atoms. The molecule has 0 saturated carbocycles. The van der Waals surface area contributed by atoms with Gasteiger partial charge in [0.1, 0.15) is 11.6 Å². The average molecular weight is 296 g/mol. The van der Waals surface area contributed by atoms with Crippen LogP contribution in [0.15, 0.2) is 48.5 Å². The molecule has 0 aromatic heterocycles. The summed E-state index contributed by atoms with van der Waals surface area (Å²) in [5.41, 5.74) is 0.737. The van der Waals surface area contributed by atoms with Crippen LogP contribution in [0.3, 0.4) is 0 Å². The van der Waals surface area contributed by atoms with Crippen molar-refractivity contribution in [3.05, 3.63) is 54.3 Å². The predicted octanol–water partition coefficient (Wildman–Crippen LogP) is 3.63. The Hall–Kier alpha value is -1.78. The molecule has 2 rings (SSSR count). The summed E-state index contributed by atoms with van der Waals surface area (Å²) >= 11 is 5.55. The lowest BCUT2D eigenvalue weighted by molar-refractivity contribution is 0.211. The molecule has 0 aliphatic carbocycles. The van der Waals surface area contributed by atoms with E-state index >= 15 is 0 Å². The van der Waals surface area contributed by atoms with Gasteiger partial charge in [-0.1, -0.05) is 12.1 Å². The highest BCUT2D eigenvalue weighted by molar-refractivity contribution is 6.18. The number of nitrogens with one attached hydrogen (secondary N) is 1. The second-order valence-electron chi connectivity index (χ2n) is 4.24. The van der Waals surface area contributed by atoms with Gasteiger partial charge in [-0.15, -0.1) is 11.6 Å². The summed E-state index contributed by atoms with van der Waals surface area (Å²) in [5.74, 6) is 0.988. The third-order valence-electron chi connectivity index (χ3n) is 2.63. The van der Waals surface area contributed by atoms with Crippen molar-refractivity contribution in [2.24, 2.45) is 0 Å². The highest BCUT2D eigenvalue weighted by Gasteiger charge is 2.07. The van der Waals surface area contributed by atoms with Gasteiger partial charge in [-0.3, -0.25) is 0 Å². The minimum absolute atomic E-state index is 0.161. The van der Waals surface area contributed by atoms with Crippen molar-refractivity contribution < 1.29 is 14.2 Å². The Labute approximate surface area is 122 Å². The van der Waals surface area contributed by atoms with Crippen molar-refractivity contribution in [3.8, 4) is 11.5 Å². The normalized spacial score (nSPS) is 11.9. The molecule has 1 atom stereocenters. The lowest BCUT2D eigenvalue weighted by Crippen LogP contribution is -2.20. The molecular weight excluding hydrogens is 281 g/mol. The number of para-hydroxylation sites is 2. The van der Waals surface area contributed by atoms with Crippen molar-refractivity contribution in [1.29, 1.82) is 0 Å². The number of anilines is 1. The Bertz CT molecular complexity index is 548. The molecular formula is C15H15ClFNO2. The SMILES string of the molecule is OC(CCl)CNc1ccccc1Oc1ccc(F)cc1. The van der Waals surface area contributed by atoms with Crippen LogP contribution in [0, 0.1) is 5.82 Å². The summed E-state index contributed by atoms with van der Waals surface area (Å²) < 4.78 is 18.5. The monoisotopic (exact) mass is 295 g/mol. The predicted molar refractivity (Wildman–Crippen MR) is 78.1 cm³/mol. The Morgan fingerprint density at radius 1 is 1.15 bits per heavy atom. The van der Waals surface area contributed by atoms with E-state index in [0.29, 0.717) is 18.0 Å². The number of aliphatic hydroxyl groups is 1. The van der Waals surface area contributed by atoms with Crippen LogP contribution >= 0.6 is 11.6 Å². The molecule has 1 unspecified atom stereocenters. The first-order chi connectivity index (χ1) is 9.69. The second-order valence-corrected chi connectivity index (χ2v) is 4.55. The molecule has 0 spiro atoms. The van der Waals surface area contributed by atoms with E-state index in [1.807, 2.05) is 18.2 Å². The fourth-order valence-corrected chi connectivity index (χ4v) is 1.72. The molecule has 0 radical (unpaired) electrons. The molecule has 0 heterocycles. The van der Waals surface area contributed by atoms with Gasteiger partial charge in [0.2, 0.25) is 0 Å². The molecule has 0 aliphatic rings. The van der Waals surface area contributed by atoms with Crippen molar-refractivity contribution in [1.82, 2.24) is 0 Å². The Balaban J connectivity index is 2.09.